The highest BCUT2D eigenvalue weighted by molar-refractivity contribution is 9.10. The van der Waals surface area contributed by atoms with Crippen LogP contribution in [-0.2, 0) is 6.54 Å². The molecule has 2 N–H and O–H groups in total. The first-order valence-corrected chi connectivity index (χ1v) is 6.10. The van der Waals surface area contributed by atoms with Crippen molar-refractivity contribution in [3.8, 4) is 11.5 Å². The Hall–Kier alpha value is -1.96. The SMILES string of the molecule is CCn1c(-c2nonc2N)nc2nccc(Br)c21. The predicted octanol–water partition coefficient (Wildman–Crippen LogP) is 1.85. The average Bonchev–Trinajstić information content (AvgIpc) is 2.92. The van der Waals surface area contributed by atoms with Crippen LogP contribution in [0.2, 0.25) is 0 Å². The number of hydrogen-bond acceptors (Lipinski definition) is 6. The number of hydrogen-bond donors (Lipinski definition) is 1. The summed E-state index contributed by atoms with van der Waals surface area (Å²) in [5.74, 6) is 0.821. The van der Waals surface area contributed by atoms with Crippen molar-refractivity contribution in [2.75, 3.05) is 5.73 Å². The van der Waals surface area contributed by atoms with Gasteiger partial charge in [-0.15, -0.1) is 0 Å². The Labute approximate surface area is 110 Å². The van der Waals surface area contributed by atoms with Gasteiger partial charge in [-0.2, -0.15) is 0 Å². The Balaban J connectivity index is 2.37. The molecule has 0 aliphatic rings. The van der Waals surface area contributed by atoms with Crippen molar-refractivity contribution in [1.29, 1.82) is 0 Å². The van der Waals surface area contributed by atoms with Gasteiger partial charge in [-0.25, -0.2) is 14.6 Å². The minimum absolute atomic E-state index is 0.219. The summed E-state index contributed by atoms with van der Waals surface area (Å²) in [4.78, 5) is 8.66. The summed E-state index contributed by atoms with van der Waals surface area (Å²) in [6.45, 7) is 2.72. The zero-order valence-electron chi connectivity index (χ0n) is 9.46. The molecule has 3 rings (SSSR count). The van der Waals surface area contributed by atoms with E-state index >= 15 is 0 Å². The molecule has 0 aliphatic heterocycles. The molecule has 92 valence electrons. The van der Waals surface area contributed by atoms with Crippen molar-refractivity contribution in [2.24, 2.45) is 0 Å². The van der Waals surface area contributed by atoms with E-state index in [4.69, 9.17) is 5.73 Å². The highest BCUT2D eigenvalue weighted by Crippen LogP contribution is 2.29. The minimum atomic E-state index is 0.219. The Bertz CT molecular complexity index is 718. The van der Waals surface area contributed by atoms with Gasteiger partial charge in [0.15, 0.2) is 23.0 Å². The summed E-state index contributed by atoms with van der Waals surface area (Å²) in [6, 6.07) is 1.87. The van der Waals surface area contributed by atoms with Crippen LogP contribution < -0.4 is 5.73 Å². The van der Waals surface area contributed by atoms with Gasteiger partial charge >= 0.3 is 0 Å². The third kappa shape index (κ3) is 1.49. The van der Waals surface area contributed by atoms with E-state index in [0.29, 0.717) is 23.7 Å². The molecule has 3 aromatic rings. The number of imidazole rings is 1. The van der Waals surface area contributed by atoms with Crippen molar-refractivity contribution >= 4 is 32.9 Å². The second kappa shape index (κ2) is 4.05. The fourth-order valence-corrected chi connectivity index (χ4v) is 2.37. The van der Waals surface area contributed by atoms with Crippen LogP contribution in [0.15, 0.2) is 21.4 Å². The summed E-state index contributed by atoms with van der Waals surface area (Å²) in [7, 11) is 0. The fourth-order valence-electron chi connectivity index (χ4n) is 1.86. The summed E-state index contributed by atoms with van der Waals surface area (Å²) in [6.07, 6.45) is 1.69. The van der Waals surface area contributed by atoms with Gasteiger partial charge in [-0.05, 0) is 39.2 Å². The van der Waals surface area contributed by atoms with Crippen LogP contribution in [-0.4, -0.2) is 24.8 Å². The number of anilines is 1. The van der Waals surface area contributed by atoms with Gasteiger partial charge < -0.3 is 10.3 Å². The maximum atomic E-state index is 5.70. The van der Waals surface area contributed by atoms with Crippen LogP contribution in [0, 0.1) is 0 Å². The summed E-state index contributed by atoms with van der Waals surface area (Å²) < 4.78 is 7.50. The van der Waals surface area contributed by atoms with Crippen LogP contribution >= 0.6 is 15.9 Å². The van der Waals surface area contributed by atoms with E-state index in [-0.39, 0.29) is 5.82 Å². The Kier molecular flexibility index (Phi) is 2.51. The highest BCUT2D eigenvalue weighted by atomic mass is 79.9. The molecule has 0 spiro atoms. The number of nitrogens with two attached hydrogens (primary N) is 1. The van der Waals surface area contributed by atoms with Crippen LogP contribution in [0.1, 0.15) is 6.92 Å². The normalized spacial score (nSPS) is 11.2. The lowest BCUT2D eigenvalue weighted by Crippen LogP contribution is -2.00. The molecule has 18 heavy (non-hydrogen) atoms. The zero-order chi connectivity index (χ0) is 12.7. The van der Waals surface area contributed by atoms with E-state index in [9.17, 15) is 0 Å². The monoisotopic (exact) mass is 308 g/mol. The first kappa shape index (κ1) is 11.1. The molecule has 0 radical (unpaired) electrons. The summed E-state index contributed by atoms with van der Waals surface area (Å²) in [5, 5.41) is 7.35. The van der Waals surface area contributed by atoms with Crippen molar-refractivity contribution in [2.45, 2.75) is 13.5 Å². The smallest absolute Gasteiger partial charge is 0.199 e. The molecule has 0 fully saturated rings. The standard InChI is InChI=1S/C10H9BrN6O/c1-2-17-7-5(11)3-4-13-9(7)14-10(17)6-8(12)16-18-15-6/h3-4H,2H2,1H3,(H2,12,16). The Morgan fingerprint density at radius 1 is 1.44 bits per heavy atom. The van der Waals surface area contributed by atoms with E-state index in [1.54, 1.807) is 6.20 Å². The molecular formula is C10H9BrN6O. The summed E-state index contributed by atoms with van der Waals surface area (Å²) >= 11 is 3.49. The number of aryl methyl sites for hydroxylation is 1. The molecule has 0 amide bonds. The number of rotatable bonds is 2. The van der Waals surface area contributed by atoms with E-state index in [0.717, 1.165) is 9.99 Å². The Morgan fingerprint density at radius 2 is 2.28 bits per heavy atom. The second-order valence-electron chi connectivity index (χ2n) is 3.64. The van der Waals surface area contributed by atoms with Crippen molar-refractivity contribution in [3.05, 3.63) is 16.7 Å². The van der Waals surface area contributed by atoms with Gasteiger partial charge in [0, 0.05) is 17.2 Å². The fraction of sp³-hybridized carbons (Fsp3) is 0.200. The number of nitrogen functional groups attached to an aromatic ring is 1. The zero-order valence-corrected chi connectivity index (χ0v) is 11.0. The maximum Gasteiger partial charge on any atom is 0.199 e. The molecule has 0 atom stereocenters. The second-order valence-corrected chi connectivity index (χ2v) is 4.50. The van der Waals surface area contributed by atoms with E-state index in [1.807, 2.05) is 17.6 Å². The largest absolute Gasteiger partial charge is 0.379 e. The topological polar surface area (TPSA) is 95.7 Å². The molecule has 0 aliphatic carbocycles. The third-order valence-corrected chi connectivity index (χ3v) is 3.27. The highest BCUT2D eigenvalue weighted by Gasteiger charge is 2.19. The molecule has 8 heteroatoms. The van der Waals surface area contributed by atoms with Gasteiger partial charge in [0.2, 0.25) is 0 Å². The molecule has 0 aromatic carbocycles. The Morgan fingerprint density at radius 3 is 2.94 bits per heavy atom. The molecule has 3 heterocycles. The van der Waals surface area contributed by atoms with Gasteiger partial charge in [-0.1, -0.05) is 0 Å². The van der Waals surface area contributed by atoms with E-state index in [2.05, 4.69) is 40.8 Å². The molecule has 0 bridgehead atoms. The third-order valence-electron chi connectivity index (χ3n) is 2.64. The van der Waals surface area contributed by atoms with E-state index < -0.39 is 0 Å². The minimum Gasteiger partial charge on any atom is -0.379 e. The van der Waals surface area contributed by atoms with Gasteiger partial charge in [0.25, 0.3) is 0 Å². The molecule has 3 aromatic heterocycles. The molecule has 0 saturated carbocycles. The molecule has 0 unspecified atom stereocenters. The number of halogens is 1. The predicted molar refractivity (Wildman–Crippen MR) is 68.6 cm³/mol. The lowest BCUT2D eigenvalue weighted by atomic mass is 10.4. The van der Waals surface area contributed by atoms with Crippen LogP contribution in [0.3, 0.4) is 0 Å². The van der Waals surface area contributed by atoms with Crippen LogP contribution in [0.5, 0.6) is 0 Å². The van der Waals surface area contributed by atoms with Crippen molar-refractivity contribution < 1.29 is 4.63 Å². The van der Waals surface area contributed by atoms with Crippen molar-refractivity contribution in [1.82, 2.24) is 24.8 Å². The number of nitrogens with zero attached hydrogens (tertiary/aromatic N) is 5. The van der Waals surface area contributed by atoms with Crippen LogP contribution in [0.4, 0.5) is 5.82 Å². The molecule has 0 saturated heterocycles. The van der Waals surface area contributed by atoms with Crippen molar-refractivity contribution in [3.63, 3.8) is 0 Å². The van der Waals surface area contributed by atoms with Gasteiger partial charge in [0.05, 0.1) is 0 Å². The first-order valence-electron chi connectivity index (χ1n) is 5.31. The summed E-state index contributed by atoms with van der Waals surface area (Å²) in [5.41, 5.74) is 7.66. The number of fused-ring (bicyclic) bond motifs is 1. The lowest BCUT2D eigenvalue weighted by Gasteiger charge is -2.04. The molecular weight excluding hydrogens is 300 g/mol. The quantitative estimate of drug-likeness (QED) is 0.776. The van der Waals surface area contributed by atoms with Gasteiger partial charge in [-0.3, -0.25) is 0 Å². The lowest BCUT2D eigenvalue weighted by molar-refractivity contribution is 0.310. The van der Waals surface area contributed by atoms with Crippen LogP contribution in [0.25, 0.3) is 22.7 Å². The number of pyridine rings is 1. The maximum absolute atomic E-state index is 5.70. The molecule has 7 nitrogen and oxygen atoms in total. The van der Waals surface area contributed by atoms with E-state index in [1.165, 1.54) is 0 Å². The first-order chi connectivity index (χ1) is 8.72. The van der Waals surface area contributed by atoms with Gasteiger partial charge in [0.1, 0.15) is 5.52 Å². The number of aromatic nitrogens is 5. The average molecular weight is 309 g/mol.